The van der Waals surface area contributed by atoms with E-state index in [9.17, 15) is 19.5 Å². The molecule has 0 radical (unpaired) electrons. The Hall–Kier alpha value is -5.71. The van der Waals surface area contributed by atoms with Crippen molar-refractivity contribution in [2.75, 3.05) is 28.4 Å². The van der Waals surface area contributed by atoms with Crippen LogP contribution in [0.2, 0.25) is 0 Å². The molecule has 2 aromatic carbocycles. The Labute approximate surface area is 266 Å². The van der Waals surface area contributed by atoms with E-state index in [0.29, 0.717) is 23.0 Å². The van der Waals surface area contributed by atoms with E-state index >= 15 is 0 Å². The first-order chi connectivity index (χ1) is 22.0. The summed E-state index contributed by atoms with van der Waals surface area (Å²) in [5, 5.41) is 9.97. The van der Waals surface area contributed by atoms with Gasteiger partial charge < -0.3 is 37.6 Å². The average Bonchev–Trinajstić information content (AvgIpc) is 3.68. The van der Waals surface area contributed by atoms with Crippen molar-refractivity contribution in [3.63, 3.8) is 0 Å². The highest BCUT2D eigenvalue weighted by atomic mass is 16.5. The number of phenols is 1. The zero-order valence-electron chi connectivity index (χ0n) is 26.7. The van der Waals surface area contributed by atoms with Crippen LogP contribution in [0.1, 0.15) is 57.1 Å². The number of phenolic OH excluding ortho intramolecular Hbond substituents is 1. The minimum Gasteiger partial charge on any atom is -0.507 e. The molecule has 0 aliphatic carbocycles. The zero-order valence-corrected chi connectivity index (χ0v) is 26.7. The van der Waals surface area contributed by atoms with Gasteiger partial charge in [0.1, 0.15) is 68.7 Å². The van der Waals surface area contributed by atoms with E-state index in [4.69, 9.17) is 32.5 Å². The van der Waals surface area contributed by atoms with Crippen molar-refractivity contribution in [3.8, 4) is 34.5 Å². The Morgan fingerprint density at radius 1 is 0.674 bits per heavy atom. The molecule has 242 valence electrons. The van der Waals surface area contributed by atoms with Gasteiger partial charge in [-0.15, -0.1) is 0 Å². The van der Waals surface area contributed by atoms with Gasteiger partial charge in [-0.3, -0.25) is 14.4 Å². The van der Waals surface area contributed by atoms with Gasteiger partial charge in [0.15, 0.2) is 11.6 Å². The monoisotopic (exact) mass is 632 g/mol. The number of rotatable bonds is 12. The van der Waals surface area contributed by atoms with Crippen LogP contribution in [0.4, 0.5) is 0 Å². The first-order valence-corrected chi connectivity index (χ1v) is 14.0. The highest BCUT2D eigenvalue weighted by molar-refractivity contribution is 6.11. The Bertz CT molecular complexity index is 1740. The van der Waals surface area contributed by atoms with E-state index in [0.717, 1.165) is 11.5 Å². The normalized spacial score (nSPS) is 10.8. The molecular formula is C35H36O11. The number of hydrogen-bond donors (Lipinski definition) is 1. The van der Waals surface area contributed by atoms with Crippen LogP contribution in [0.25, 0.3) is 12.2 Å². The number of carbonyl (C=O) groups excluding carboxylic acids is 3. The lowest BCUT2D eigenvalue weighted by atomic mass is 10.1. The molecule has 0 aliphatic heterocycles. The topological polar surface area (TPSA) is 144 Å². The summed E-state index contributed by atoms with van der Waals surface area (Å²) in [6.07, 6.45) is 5.92. The second kappa shape index (κ2) is 16.4. The molecule has 0 atom stereocenters. The number of benzene rings is 2. The summed E-state index contributed by atoms with van der Waals surface area (Å²) in [7, 11) is 5.79. The van der Waals surface area contributed by atoms with Gasteiger partial charge in [-0.1, -0.05) is 6.92 Å². The fourth-order valence-electron chi connectivity index (χ4n) is 4.03. The largest absolute Gasteiger partial charge is 0.507 e. The van der Waals surface area contributed by atoms with Gasteiger partial charge in [0.05, 0.1) is 28.4 Å². The summed E-state index contributed by atoms with van der Waals surface area (Å²) in [5.41, 5.74) is 0.224. The zero-order chi connectivity index (χ0) is 33.8. The smallest absolute Gasteiger partial charge is 0.310 e. The first-order valence-electron chi connectivity index (χ1n) is 14.0. The third-order valence-electron chi connectivity index (χ3n) is 6.33. The van der Waals surface area contributed by atoms with Gasteiger partial charge in [-0.05, 0) is 62.4 Å². The number of allylic oxidation sites excluding steroid dienone is 2. The molecule has 0 amide bonds. The SMILES string of the molecule is CCC(=O)Oc1cc(OC)cc(OC)c1C(=O)C=Cc1ccc(C)o1.COc1cc(O)c(C(=O)C=Cc2ccc(C)o2)c(OC)c1. The van der Waals surface area contributed by atoms with Gasteiger partial charge in [0, 0.05) is 30.7 Å². The Balaban J connectivity index is 0.000000254. The fraction of sp³-hybridized carbons (Fsp3) is 0.229. The molecular weight excluding hydrogens is 596 g/mol. The Morgan fingerprint density at radius 2 is 1.13 bits per heavy atom. The van der Waals surface area contributed by atoms with Gasteiger partial charge >= 0.3 is 5.97 Å². The molecule has 11 nitrogen and oxygen atoms in total. The van der Waals surface area contributed by atoms with Crippen molar-refractivity contribution in [2.24, 2.45) is 0 Å². The van der Waals surface area contributed by atoms with Crippen LogP contribution >= 0.6 is 0 Å². The fourth-order valence-corrected chi connectivity index (χ4v) is 4.03. The molecule has 2 aromatic heterocycles. The summed E-state index contributed by atoms with van der Waals surface area (Å²) in [4.78, 5) is 36.6. The molecule has 2 heterocycles. The number of ether oxygens (including phenoxy) is 5. The maximum atomic E-state index is 12.7. The number of ketones is 2. The van der Waals surface area contributed by atoms with Crippen LogP contribution in [0.3, 0.4) is 0 Å². The van der Waals surface area contributed by atoms with E-state index in [1.54, 1.807) is 49.4 Å². The second-order valence-corrected chi connectivity index (χ2v) is 9.55. The van der Waals surface area contributed by atoms with Crippen LogP contribution < -0.4 is 23.7 Å². The number of methoxy groups -OCH3 is 4. The average molecular weight is 633 g/mol. The number of carbonyl (C=O) groups is 3. The minimum atomic E-state index is -0.463. The molecule has 0 bridgehead atoms. The predicted molar refractivity (Wildman–Crippen MR) is 170 cm³/mol. The number of aryl methyl sites for hydroxylation is 2. The van der Waals surface area contributed by atoms with Crippen LogP contribution in [-0.4, -0.2) is 51.1 Å². The quantitative estimate of drug-likeness (QED) is 0.0744. The maximum absolute atomic E-state index is 12.7. The lowest BCUT2D eigenvalue weighted by Gasteiger charge is -2.13. The van der Waals surface area contributed by atoms with Crippen molar-refractivity contribution < 1.29 is 52.0 Å². The van der Waals surface area contributed by atoms with Crippen molar-refractivity contribution >= 4 is 29.7 Å². The lowest BCUT2D eigenvalue weighted by molar-refractivity contribution is -0.134. The summed E-state index contributed by atoms with van der Waals surface area (Å²) < 4.78 is 36.6. The van der Waals surface area contributed by atoms with Gasteiger partial charge in [-0.25, -0.2) is 0 Å². The first kappa shape index (κ1) is 34.8. The van der Waals surface area contributed by atoms with E-state index in [1.165, 1.54) is 58.8 Å². The molecule has 46 heavy (non-hydrogen) atoms. The minimum absolute atomic E-state index is 0.0813. The molecule has 0 aliphatic rings. The van der Waals surface area contributed by atoms with Crippen LogP contribution in [0, 0.1) is 13.8 Å². The Morgan fingerprint density at radius 3 is 1.57 bits per heavy atom. The van der Waals surface area contributed by atoms with E-state index in [2.05, 4.69) is 0 Å². The number of furan rings is 2. The molecule has 0 unspecified atom stereocenters. The number of aromatic hydroxyl groups is 1. The molecule has 0 spiro atoms. The number of hydrogen-bond acceptors (Lipinski definition) is 11. The van der Waals surface area contributed by atoms with Crippen molar-refractivity contribution in [2.45, 2.75) is 27.2 Å². The van der Waals surface area contributed by atoms with Crippen molar-refractivity contribution in [1.82, 2.24) is 0 Å². The highest BCUT2D eigenvalue weighted by Gasteiger charge is 2.21. The molecule has 0 fully saturated rings. The van der Waals surface area contributed by atoms with Crippen molar-refractivity contribution in [1.29, 1.82) is 0 Å². The molecule has 1 N–H and O–H groups in total. The van der Waals surface area contributed by atoms with Crippen LogP contribution in [0.5, 0.6) is 34.5 Å². The van der Waals surface area contributed by atoms with Crippen molar-refractivity contribution in [3.05, 3.63) is 94.9 Å². The second-order valence-electron chi connectivity index (χ2n) is 9.55. The van der Waals surface area contributed by atoms with Crippen LogP contribution in [0.15, 0.2) is 69.5 Å². The number of esters is 1. The highest BCUT2D eigenvalue weighted by Crippen LogP contribution is 2.36. The van der Waals surface area contributed by atoms with Gasteiger partial charge in [0.25, 0.3) is 0 Å². The van der Waals surface area contributed by atoms with Crippen LogP contribution in [-0.2, 0) is 4.79 Å². The van der Waals surface area contributed by atoms with E-state index < -0.39 is 5.97 Å². The summed E-state index contributed by atoms with van der Waals surface area (Å²) >= 11 is 0. The molecule has 0 saturated carbocycles. The third-order valence-corrected chi connectivity index (χ3v) is 6.33. The van der Waals surface area contributed by atoms with Gasteiger partial charge in [-0.2, -0.15) is 0 Å². The summed E-state index contributed by atoms with van der Waals surface area (Å²) in [5.74, 6) is 2.59. The Kier molecular flexibility index (Phi) is 12.4. The molecule has 4 rings (SSSR count). The summed E-state index contributed by atoms with van der Waals surface area (Å²) in [6.45, 7) is 5.30. The summed E-state index contributed by atoms with van der Waals surface area (Å²) in [6, 6.07) is 13.0. The third kappa shape index (κ3) is 9.15. The van der Waals surface area contributed by atoms with E-state index in [-0.39, 0.29) is 52.1 Å². The standard InChI is InChI=1S/C19H20O6.C16H16O5/c1-5-18(21)25-17-11-14(22-3)10-16(23-4)19(17)15(20)9-8-13-7-6-12(2)24-13;1-10-4-5-11(21-10)6-7-13(17)16-14(18)8-12(19-2)9-15(16)20-3/h6-11H,5H2,1-4H3;4-9,18H,1-3H3. The molecule has 4 aromatic rings. The molecule has 11 heteroatoms. The lowest BCUT2D eigenvalue weighted by Crippen LogP contribution is -2.10. The predicted octanol–water partition coefficient (Wildman–Crippen LogP) is 7.02. The van der Waals surface area contributed by atoms with E-state index in [1.807, 2.05) is 13.8 Å². The maximum Gasteiger partial charge on any atom is 0.310 e. The van der Waals surface area contributed by atoms with Gasteiger partial charge in [0.2, 0.25) is 0 Å². The molecule has 0 saturated heterocycles.